The molecule has 1 fully saturated rings. The molecular formula is C17H24ClNO3. The van der Waals surface area contributed by atoms with E-state index in [2.05, 4.69) is 0 Å². The summed E-state index contributed by atoms with van der Waals surface area (Å²) in [7, 11) is 0. The monoisotopic (exact) mass is 325 g/mol. The Labute approximate surface area is 137 Å². The number of amides is 1. The Hall–Kier alpha value is -1.26. The van der Waals surface area contributed by atoms with Gasteiger partial charge in [-0.2, -0.15) is 0 Å². The van der Waals surface area contributed by atoms with Gasteiger partial charge >= 0.3 is 6.09 Å². The zero-order valence-corrected chi connectivity index (χ0v) is 14.1. The van der Waals surface area contributed by atoms with E-state index in [9.17, 15) is 9.90 Å². The number of ether oxygens (including phenoxy) is 1. The van der Waals surface area contributed by atoms with Crippen molar-refractivity contribution in [2.75, 3.05) is 19.7 Å². The smallest absolute Gasteiger partial charge is 0.410 e. The van der Waals surface area contributed by atoms with Crippen molar-refractivity contribution in [1.82, 2.24) is 4.90 Å². The second kappa shape index (κ2) is 6.88. The normalized spacial score (nSPS) is 22.5. The molecule has 1 aromatic carbocycles. The van der Waals surface area contributed by atoms with E-state index in [1.807, 2.05) is 45.0 Å². The molecule has 0 radical (unpaired) electrons. The van der Waals surface area contributed by atoms with Crippen LogP contribution in [-0.4, -0.2) is 41.4 Å². The highest BCUT2D eigenvalue weighted by atomic mass is 35.5. The van der Waals surface area contributed by atoms with E-state index in [1.165, 1.54) is 0 Å². The molecular weight excluding hydrogens is 302 g/mol. The Bertz CT molecular complexity index is 510. The quantitative estimate of drug-likeness (QED) is 0.902. The Balaban J connectivity index is 2.05. The summed E-state index contributed by atoms with van der Waals surface area (Å²) < 4.78 is 5.41. The molecule has 1 amide bonds. The number of hydrogen-bond acceptors (Lipinski definition) is 3. The average Bonchev–Trinajstić information content (AvgIpc) is 2.45. The van der Waals surface area contributed by atoms with Crippen LogP contribution in [0.5, 0.6) is 0 Å². The van der Waals surface area contributed by atoms with Crippen LogP contribution < -0.4 is 0 Å². The third-order valence-electron chi connectivity index (χ3n) is 3.92. The SMILES string of the molecule is CC(C)(C)OC(=O)N1CCC(c2ccc(Cl)cc2)C(CO)C1. The summed E-state index contributed by atoms with van der Waals surface area (Å²) in [5, 5.41) is 10.4. The lowest BCUT2D eigenvalue weighted by atomic mass is 9.81. The molecule has 22 heavy (non-hydrogen) atoms. The van der Waals surface area contributed by atoms with Crippen LogP contribution in [0.25, 0.3) is 0 Å². The van der Waals surface area contributed by atoms with Crippen molar-refractivity contribution in [2.45, 2.75) is 38.7 Å². The minimum absolute atomic E-state index is 0.0162. The largest absolute Gasteiger partial charge is 0.444 e. The number of hydrogen-bond donors (Lipinski definition) is 1. The van der Waals surface area contributed by atoms with E-state index < -0.39 is 5.60 Å². The van der Waals surface area contributed by atoms with Crippen molar-refractivity contribution in [2.24, 2.45) is 5.92 Å². The summed E-state index contributed by atoms with van der Waals surface area (Å²) in [6, 6.07) is 7.73. The summed E-state index contributed by atoms with van der Waals surface area (Å²) in [5.74, 6) is 0.253. The number of rotatable bonds is 2. The summed E-state index contributed by atoms with van der Waals surface area (Å²) >= 11 is 5.93. The Morgan fingerprint density at radius 2 is 2.00 bits per heavy atom. The van der Waals surface area contributed by atoms with Crippen LogP contribution in [0, 0.1) is 5.92 Å². The van der Waals surface area contributed by atoms with Gasteiger partial charge in [0.1, 0.15) is 5.60 Å². The van der Waals surface area contributed by atoms with Crippen LogP contribution in [0.1, 0.15) is 38.7 Å². The summed E-state index contributed by atoms with van der Waals surface area (Å²) in [6.45, 7) is 6.77. The van der Waals surface area contributed by atoms with Gasteiger partial charge in [0.25, 0.3) is 0 Å². The number of halogens is 1. The molecule has 0 saturated carbocycles. The van der Waals surface area contributed by atoms with Crippen LogP contribution in [0.2, 0.25) is 5.02 Å². The maximum atomic E-state index is 12.2. The number of carbonyl (C=O) groups is 1. The van der Waals surface area contributed by atoms with Gasteiger partial charge in [-0.3, -0.25) is 0 Å². The lowest BCUT2D eigenvalue weighted by Crippen LogP contribution is -2.46. The highest BCUT2D eigenvalue weighted by Crippen LogP contribution is 2.33. The first-order valence-corrected chi connectivity index (χ1v) is 8.02. The fraction of sp³-hybridized carbons (Fsp3) is 0.588. The molecule has 0 aliphatic carbocycles. The van der Waals surface area contributed by atoms with Gasteiger partial charge in [-0.05, 0) is 50.8 Å². The number of likely N-dealkylation sites (tertiary alicyclic amines) is 1. The molecule has 4 nitrogen and oxygen atoms in total. The summed E-state index contributed by atoms with van der Waals surface area (Å²) in [5.41, 5.74) is 0.658. The first-order chi connectivity index (χ1) is 10.3. The summed E-state index contributed by atoms with van der Waals surface area (Å²) in [6.07, 6.45) is 0.507. The zero-order valence-electron chi connectivity index (χ0n) is 13.4. The summed E-state index contributed by atoms with van der Waals surface area (Å²) in [4.78, 5) is 13.9. The Morgan fingerprint density at radius 1 is 1.36 bits per heavy atom. The van der Waals surface area contributed by atoms with Gasteiger partial charge in [0.05, 0.1) is 0 Å². The van der Waals surface area contributed by atoms with Gasteiger partial charge in [0, 0.05) is 30.6 Å². The van der Waals surface area contributed by atoms with E-state index >= 15 is 0 Å². The molecule has 1 saturated heterocycles. The third-order valence-corrected chi connectivity index (χ3v) is 4.17. The molecule has 1 N–H and O–H groups in total. The van der Waals surface area contributed by atoms with Gasteiger partial charge in [0.2, 0.25) is 0 Å². The van der Waals surface area contributed by atoms with Crippen LogP contribution in [0.3, 0.4) is 0 Å². The van der Waals surface area contributed by atoms with E-state index in [1.54, 1.807) is 4.90 Å². The zero-order chi connectivity index (χ0) is 16.3. The predicted molar refractivity (Wildman–Crippen MR) is 87.2 cm³/mol. The second-order valence-corrected chi connectivity index (χ2v) is 7.25. The Kier molecular flexibility index (Phi) is 5.35. The minimum Gasteiger partial charge on any atom is -0.444 e. The third kappa shape index (κ3) is 4.37. The van der Waals surface area contributed by atoms with Crippen molar-refractivity contribution in [3.05, 3.63) is 34.9 Å². The molecule has 1 aliphatic heterocycles. The lowest BCUT2D eigenvalue weighted by Gasteiger charge is -2.38. The predicted octanol–water partition coefficient (Wildman–Crippen LogP) is 3.67. The van der Waals surface area contributed by atoms with Crippen LogP contribution >= 0.6 is 11.6 Å². The fourth-order valence-corrected chi connectivity index (χ4v) is 2.98. The molecule has 2 rings (SSSR count). The van der Waals surface area contributed by atoms with Gasteiger partial charge in [-0.15, -0.1) is 0 Å². The number of aliphatic hydroxyl groups is 1. The number of benzene rings is 1. The van der Waals surface area contributed by atoms with Crippen molar-refractivity contribution >= 4 is 17.7 Å². The van der Waals surface area contributed by atoms with Crippen LogP contribution in [0.15, 0.2) is 24.3 Å². The second-order valence-electron chi connectivity index (χ2n) is 6.82. The van der Waals surface area contributed by atoms with Crippen LogP contribution in [0.4, 0.5) is 4.79 Å². The maximum Gasteiger partial charge on any atom is 0.410 e. The van der Waals surface area contributed by atoms with Gasteiger partial charge < -0.3 is 14.7 Å². The maximum absolute atomic E-state index is 12.2. The molecule has 2 unspecified atom stereocenters. The molecule has 1 heterocycles. The first-order valence-electron chi connectivity index (χ1n) is 7.64. The molecule has 5 heteroatoms. The van der Waals surface area contributed by atoms with Crippen molar-refractivity contribution < 1.29 is 14.6 Å². The topological polar surface area (TPSA) is 49.8 Å². The minimum atomic E-state index is -0.501. The van der Waals surface area contributed by atoms with Gasteiger partial charge in [-0.1, -0.05) is 23.7 Å². The molecule has 0 aromatic heterocycles. The average molecular weight is 326 g/mol. The van der Waals surface area contributed by atoms with E-state index in [4.69, 9.17) is 16.3 Å². The molecule has 1 aliphatic rings. The van der Waals surface area contributed by atoms with E-state index in [0.717, 1.165) is 12.0 Å². The highest BCUT2D eigenvalue weighted by molar-refractivity contribution is 6.30. The standard InChI is InChI=1S/C17H24ClNO3/c1-17(2,3)22-16(21)19-9-8-15(13(10-19)11-20)12-4-6-14(18)7-5-12/h4-7,13,15,20H,8-11H2,1-3H3. The van der Waals surface area contributed by atoms with E-state index in [0.29, 0.717) is 18.1 Å². The molecule has 122 valence electrons. The number of nitrogens with zero attached hydrogens (tertiary/aromatic N) is 1. The number of piperidine rings is 1. The first kappa shape index (κ1) is 17.1. The van der Waals surface area contributed by atoms with Gasteiger partial charge in [-0.25, -0.2) is 4.79 Å². The fourth-order valence-electron chi connectivity index (χ4n) is 2.86. The van der Waals surface area contributed by atoms with Crippen molar-refractivity contribution in [1.29, 1.82) is 0 Å². The highest BCUT2D eigenvalue weighted by Gasteiger charge is 2.33. The Morgan fingerprint density at radius 3 is 2.55 bits per heavy atom. The van der Waals surface area contributed by atoms with Gasteiger partial charge in [0.15, 0.2) is 0 Å². The molecule has 2 atom stereocenters. The molecule has 0 spiro atoms. The van der Waals surface area contributed by atoms with E-state index in [-0.39, 0.29) is 24.5 Å². The number of carbonyl (C=O) groups excluding carboxylic acids is 1. The molecule has 1 aromatic rings. The molecule has 0 bridgehead atoms. The van der Waals surface area contributed by atoms with Crippen molar-refractivity contribution in [3.63, 3.8) is 0 Å². The number of aliphatic hydroxyl groups excluding tert-OH is 1. The van der Waals surface area contributed by atoms with Crippen LogP contribution in [-0.2, 0) is 4.74 Å². The van der Waals surface area contributed by atoms with Crippen molar-refractivity contribution in [3.8, 4) is 0 Å². The lowest BCUT2D eigenvalue weighted by molar-refractivity contribution is 0.0102.